The Morgan fingerprint density at radius 2 is 2.09 bits per heavy atom. The Hall–Kier alpha value is -1.72. The van der Waals surface area contributed by atoms with Crippen LogP contribution in [0.2, 0.25) is 5.02 Å². The Morgan fingerprint density at radius 3 is 2.87 bits per heavy atom. The van der Waals surface area contributed by atoms with E-state index in [2.05, 4.69) is 25.2 Å². The minimum absolute atomic E-state index is 0.471. The summed E-state index contributed by atoms with van der Waals surface area (Å²) in [6.45, 7) is 3.25. The molecule has 2 aromatic rings. The summed E-state index contributed by atoms with van der Waals surface area (Å²) in [6.07, 6.45) is 10.8. The highest BCUT2D eigenvalue weighted by Gasteiger charge is 2.48. The van der Waals surface area contributed by atoms with Crippen LogP contribution in [-0.2, 0) is 6.54 Å². The van der Waals surface area contributed by atoms with Gasteiger partial charge in [0.05, 0.1) is 5.02 Å². The molecule has 120 valence electrons. The smallest absolute Gasteiger partial charge is 0.222 e. The SMILES string of the molecule is Clc1cncc(CN2CCC3(CC(Nc4ncccn4)C3)C2)c1. The quantitative estimate of drug-likeness (QED) is 0.934. The van der Waals surface area contributed by atoms with Gasteiger partial charge in [0.2, 0.25) is 5.95 Å². The van der Waals surface area contributed by atoms with Crippen LogP contribution in [0.4, 0.5) is 5.95 Å². The Morgan fingerprint density at radius 1 is 1.26 bits per heavy atom. The van der Waals surface area contributed by atoms with E-state index in [-0.39, 0.29) is 0 Å². The fraction of sp³-hybridized carbons (Fsp3) is 0.471. The number of likely N-dealkylation sites (tertiary alicyclic amines) is 1. The van der Waals surface area contributed by atoms with Crippen LogP contribution in [0.25, 0.3) is 0 Å². The summed E-state index contributed by atoms with van der Waals surface area (Å²) in [7, 11) is 0. The van der Waals surface area contributed by atoms with Gasteiger partial charge in [-0.05, 0) is 48.9 Å². The second kappa shape index (κ2) is 6.06. The van der Waals surface area contributed by atoms with Gasteiger partial charge in [0.25, 0.3) is 0 Å². The number of pyridine rings is 1. The van der Waals surface area contributed by atoms with Gasteiger partial charge in [-0.25, -0.2) is 9.97 Å². The lowest BCUT2D eigenvalue weighted by Crippen LogP contribution is -2.47. The van der Waals surface area contributed by atoms with Gasteiger partial charge in [-0.2, -0.15) is 0 Å². The normalized spacial score (nSPS) is 27.1. The predicted octanol–water partition coefficient (Wildman–Crippen LogP) is 2.99. The fourth-order valence-corrected chi connectivity index (χ4v) is 4.14. The van der Waals surface area contributed by atoms with Crippen molar-refractivity contribution in [1.82, 2.24) is 19.9 Å². The molecule has 0 aromatic carbocycles. The van der Waals surface area contributed by atoms with Crippen LogP contribution in [0.15, 0.2) is 36.9 Å². The van der Waals surface area contributed by atoms with Gasteiger partial charge in [-0.3, -0.25) is 9.88 Å². The zero-order chi connectivity index (χ0) is 15.7. The predicted molar refractivity (Wildman–Crippen MR) is 90.3 cm³/mol. The molecular weight excluding hydrogens is 310 g/mol. The minimum Gasteiger partial charge on any atom is -0.351 e. The molecule has 2 aromatic heterocycles. The average Bonchev–Trinajstić information content (AvgIpc) is 2.92. The molecule has 5 nitrogen and oxygen atoms in total. The van der Waals surface area contributed by atoms with E-state index in [9.17, 15) is 0 Å². The number of hydrogen-bond acceptors (Lipinski definition) is 5. The van der Waals surface area contributed by atoms with Gasteiger partial charge in [-0.15, -0.1) is 0 Å². The molecule has 6 heteroatoms. The Kier molecular flexibility index (Phi) is 3.91. The van der Waals surface area contributed by atoms with Gasteiger partial charge >= 0.3 is 0 Å². The molecule has 0 radical (unpaired) electrons. The number of halogens is 1. The highest BCUT2D eigenvalue weighted by Crippen LogP contribution is 2.49. The zero-order valence-electron chi connectivity index (χ0n) is 13.0. The van der Waals surface area contributed by atoms with E-state index in [1.54, 1.807) is 18.6 Å². The summed E-state index contributed by atoms with van der Waals surface area (Å²) in [6, 6.07) is 4.36. The first-order valence-corrected chi connectivity index (χ1v) is 8.44. The molecule has 0 amide bonds. The molecule has 2 fully saturated rings. The number of nitrogens with one attached hydrogen (secondary N) is 1. The van der Waals surface area contributed by atoms with Gasteiger partial charge in [0, 0.05) is 43.9 Å². The third kappa shape index (κ3) is 3.31. The lowest BCUT2D eigenvalue weighted by atomic mass is 9.65. The van der Waals surface area contributed by atoms with Gasteiger partial charge in [0.15, 0.2) is 0 Å². The summed E-state index contributed by atoms with van der Waals surface area (Å²) in [5, 5.41) is 4.15. The maximum absolute atomic E-state index is 6.02. The van der Waals surface area contributed by atoms with Crippen molar-refractivity contribution >= 4 is 17.5 Å². The van der Waals surface area contributed by atoms with Gasteiger partial charge in [0.1, 0.15) is 0 Å². The van der Waals surface area contributed by atoms with Crippen LogP contribution in [0.5, 0.6) is 0 Å². The Labute approximate surface area is 141 Å². The molecule has 3 heterocycles. The zero-order valence-corrected chi connectivity index (χ0v) is 13.7. The van der Waals surface area contributed by atoms with Crippen molar-refractivity contribution in [2.24, 2.45) is 5.41 Å². The van der Waals surface area contributed by atoms with Crippen molar-refractivity contribution in [2.75, 3.05) is 18.4 Å². The lowest BCUT2D eigenvalue weighted by molar-refractivity contribution is 0.119. The maximum Gasteiger partial charge on any atom is 0.222 e. The summed E-state index contributed by atoms with van der Waals surface area (Å²) in [5.41, 5.74) is 1.67. The van der Waals surface area contributed by atoms with Crippen molar-refractivity contribution < 1.29 is 0 Å². The van der Waals surface area contributed by atoms with Crippen LogP contribution in [0, 0.1) is 5.41 Å². The van der Waals surface area contributed by atoms with Gasteiger partial charge in [-0.1, -0.05) is 11.6 Å². The molecule has 4 rings (SSSR count). The first-order valence-electron chi connectivity index (χ1n) is 8.06. The fourth-order valence-electron chi connectivity index (χ4n) is 3.94. The van der Waals surface area contributed by atoms with Crippen molar-refractivity contribution in [3.63, 3.8) is 0 Å². The summed E-state index contributed by atoms with van der Waals surface area (Å²) in [5.74, 6) is 0.743. The van der Waals surface area contributed by atoms with E-state index in [1.807, 2.05) is 18.3 Å². The minimum atomic E-state index is 0.471. The van der Waals surface area contributed by atoms with Crippen LogP contribution in [-0.4, -0.2) is 39.0 Å². The molecular formula is C17H20ClN5. The van der Waals surface area contributed by atoms with Crippen LogP contribution in [0.3, 0.4) is 0 Å². The first-order chi connectivity index (χ1) is 11.2. The Bertz CT molecular complexity index is 672. The highest BCUT2D eigenvalue weighted by molar-refractivity contribution is 6.30. The molecule has 1 saturated carbocycles. The standard InChI is InChI=1S/C17H20ClN5/c18-14-6-13(9-19-10-14)11-23-5-2-17(12-23)7-15(8-17)22-16-20-3-1-4-21-16/h1,3-4,6,9-10,15H,2,5,7-8,11-12H2,(H,20,21,22). The molecule has 0 atom stereocenters. The summed E-state index contributed by atoms with van der Waals surface area (Å²) < 4.78 is 0. The largest absolute Gasteiger partial charge is 0.351 e. The third-order valence-corrected chi connectivity index (χ3v) is 5.15. The number of aromatic nitrogens is 3. The second-order valence-electron chi connectivity index (χ2n) is 6.79. The molecule has 1 aliphatic carbocycles. The average molecular weight is 330 g/mol. The molecule has 1 saturated heterocycles. The number of rotatable bonds is 4. The van der Waals surface area contributed by atoms with Crippen molar-refractivity contribution in [1.29, 1.82) is 0 Å². The first kappa shape index (κ1) is 14.8. The van der Waals surface area contributed by atoms with E-state index >= 15 is 0 Å². The molecule has 1 aliphatic heterocycles. The maximum atomic E-state index is 6.02. The monoisotopic (exact) mass is 329 g/mol. The number of anilines is 1. The van der Waals surface area contributed by atoms with Gasteiger partial charge < -0.3 is 5.32 Å². The molecule has 0 unspecified atom stereocenters. The van der Waals surface area contributed by atoms with Crippen LogP contribution >= 0.6 is 11.6 Å². The third-order valence-electron chi connectivity index (χ3n) is 4.94. The molecule has 1 N–H and O–H groups in total. The van der Waals surface area contributed by atoms with E-state index in [1.165, 1.54) is 24.8 Å². The van der Waals surface area contributed by atoms with Crippen molar-refractivity contribution in [3.05, 3.63) is 47.5 Å². The number of hydrogen-bond donors (Lipinski definition) is 1. The van der Waals surface area contributed by atoms with E-state index < -0.39 is 0 Å². The highest BCUT2D eigenvalue weighted by atomic mass is 35.5. The second-order valence-corrected chi connectivity index (χ2v) is 7.23. The van der Waals surface area contributed by atoms with E-state index in [0.29, 0.717) is 16.5 Å². The van der Waals surface area contributed by atoms with E-state index in [0.717, 1.165) is 25.6 Å². The lowest BCUT2D eigenvalue weighted by Gasteiger charge is -2.45. The molecule has 1 spiro atoms. The van der Waals surface area contributed by atoms with Crippen molar-refractivity contribution in [3.8, 4) is 0 Å². The summed E-state index contributed by atoms with van der Waals surface area (Å²) >= 11 is 6.02. The number of nitrogens with zero attached hydrogens (tertiary/aromatic N) is 4. The van der Waals surface area contributed by atoms with Crippen molar-refractivity contribution in [2.45, 2.75) is 31.8 Å². The van der Waals surface area contributed by atoms with E-state index in [4.69, 9.17) is 11.6 Å². The molecule has 0 bridgehead atoms. The molecule has 2 aliphatic rings. The van der Waals surface area contributed by atoms with Crippen LogP contribution in [0.1, 0.15) is 24.8 Å². The topological polar surface area (TPSA) is 53.9 Å². The molecule has 23 heavy (non-hydrogen) atoms. The summed E-state index contributed by atoms with van der Waals surface area (Å²) in [4.78, 5) is 15.2. The van der Waals surface area contributed by atoms with Crippen LogP contribution < -0.4 is 5.32 Å². The Balaban J connectivity index is 1.30.